The summed E-state index contributed by atoms with van der Waals surface area (Å²) in [5.74, 6) is -0.262. The zero-order chi connectivity index (χ0) is 14.7. The van der Waals surface area contributed by atoms with E-state index in [1.54, 1.807) is 6.07 Å². The van der Waals surface area contributed by atoms with Crippen molar-refractivity contribution in [2.75, 3.05) is 20.1 Å². The predicted molar refractivity (Wildman–Crippen MR) is 83.8 cm³/mol. The quantitative estimate of drug-likeness (QED) is 0.459. The molecule has 1 amide bonds. The topological polar surface area (TPSA) is 75.5 Å². The number of nitro groups is 1. The molecule has 7 heteroatoms. The van der Waals surface area contributed by atoms with Gasteiger partial charge in [-0.05, 0) is 48.5 Å². The van der Waals surface area contributed by atoms with Crippen LogP contribution in [0.1, 0.15) is 23.2 Å². The van der Waals surface area contributed by atoms with E-state index in [0.717, 1.165) is 6.54 Å². The van der Waals surface area contributed by atoms with Crippen molar-refractivity contribution in [2.24, 2.45) is 0 Å². The van der Waals surface area contributed by atoms with E-state index in [4.69, 9.17) is 0 Å². The second kappa shape index (κ2) is 6.49. The van der Waals surface area contributed by atoms with Gasteiger partial charge in [0.25, 0.3) is 11.6 Å². The predicted octanol–water partition coefficient (Wildman–Crippen LogP) is 2.02. The number of nitrogens with zero attached hydrogens (tertiary/aromatic N) is 2. The first-order valence-electron chi connectivity index (χ1n) is 6.41. The largest absolute Gasteiger partial charge is 0.351 e. The number of nitro benzene ring substituents is 1. The number of likely N-dealkylation sites (N-methyl/N-ethyl adjacent to an activating group) is 1. The van der Waals surface area contributed by atoms with Crippen LogP contribution in [0.2, 0.25) is 0 Å². The van der Waals surface area contributed by atoms with Crippen LogP contribution < -0.4 is 5.32 Å². The highest BCUT2D eigenvalue weighted by atomic mass is 127. The molecule has 0 unspecified atom stereocenters. The van der Waals surface area contributed by atoms with Gasteiger partial charge in [0.1, 0.15) is 0 Å². The maximum absolute atomic E-state index is 12.1. The number of benzene rings is 1. The summed E-state index contributed by atoms with van der Waals surface area (Å²) in [6.45, 7) is 1.34. The second-order valence-electron chi connectivity index (χ2n) is 4.89. The average Bonchev–Trinajstić information content (AvgIpc) is 3.22. The van der Waals surface area contributed by atoms with Gasteiger partial charge in [-0.15, -0.1) is 0 Å². The van der Waals surface area contributed by atoms with Crippen LogP contribution in [-0.4, -0.2) is 41.9 Å². The van der Waals surface area contributed by atoms with Gasteiger partial charge in [0, 0.05) is 34.8 Å². The highest BCUT2D eigenvalue weighted by Gasteiger charge is 2.25. The van der Waals surface area contributed by atoms with E-state index in [1.807, 2.05) is 29.6 Å². The Morgan fingerprint density at radius 3 is 2.85 bits per heavy atom. The van der Waals surface area contributed by atoms with Crippen LogP contribution in [0.3, 0.4) is 0 Å². The number of halogens is 1. The number of carbonyl (C=O) groups is 1. The van der Waals surface area contributed by atoms with Crippen LogP contribution in [0, 0.1) is 13.7 Å². The molecule has 1 fully saturated rings. The van der Waals surface area contributed by atoms with Crippen LogP contribution >= 0.6 is 22.6 Å². The van der Waals surface area contributed by atoms with Crippen molar-refractivity contribution in [1.82, 2.24) is 10.2 Å². The van der Waals surface area contributed by atoms with Gasteiger partial charge in [0.15, 0.2) is 0 Å². The molecule has 20 heavy (non-hydrogen) atoms. The van der Waals surface area contributed by atoms with E-state index in [2.05, 4.69) is 10.2 Å². The van der Waals surface area contributed by atoms with E-state index < -0.39 is 4.92 Å². The molecular weight excluding hydrogens is 373 g/mol. The van der Waals surface area contributed by atoms with Crippen LogP contribution in [0.5, 0.6) is 0 Å². The Hall–Kier alpha value is -1.22. The molecule has 1 saturated carbocycles. The van der Waals surface area contributed by atoms with Crippen molar-refractivity contribution in [3.8, 4) is 0 Å². The van der Waals surface area contributed by atoms with Gasteiger partial charge in [-0.3, -0.25) is 14.9 Å². The lowest BCUT2D eigenvalue weighted by molar-refractivity contribution is -0.384. The number of hydrogen-bond donors (Lipinski definition) is 1. The lowest BCUT2D eigenvalue weighted by Gasteiger charge is -2.15. The fourth-order valence-corrected chi connectivity index (χ4v) is 2.52. The van der Waals surface area contributed by atoms with Gasteiger partial charge in [0.05, 0.1) is 10.5 Å². The minimum atomic E-state index is -0.492. The minimum Gasteiger partial charge on any atom is -0.351 e. The number of rotatable bonds is 6. The summed E-state index contributed by atoms with van der Waals surface area (Å²) in [5.41, 5.74) is 0.291. The summed E-state index contributed by atoms with van der Waals surface area (Å²) >= 11 is 2.01. The van der Waals surface area contributed by atoms with Crippen LogP contribution in [0.25, 0.3) is 0 Å². The Balaban J connectivity index is 1.93. The molecule has 2 rings (SSSR count). The number of nitrogens with one attached hydrogen (secondary N) is 1. The van der Waals surface area contributed by atoms with E-state index >= 15 is 0 Å². The molecule has 0 radical (unpaired) electrons. The van der Waals surface area contributed by atoms with Crippen molar-refractivity contribution in [1.29, 1.82) is 0 Å². The molecule has 0 atom stereocenters. The molecule has 0 aliphatic heterocycles. The van der Waals surface area contributed by atoms with Crippen molar-refractivity contribution >= 4 is 34.2 Å². The summed E-state index contributed by atoms with van der Waals surface area (Å²) in [4.78, 5) is 24.5. The van der Waals surface area contributed by atoms with Crippen molar-refractivity contribution in [3.05, 3.63) is 37.4 Å². The third-order valence-corrected chi connectivity index (χ3v) is 4.27. The SMILES string of the molecule is CN(CCNC(=O)c1cc([N+](=O)[O-])ccc1I)C1CC1. The first kappa shape index (κ1) is 15.2. The van der Waals surface area contributed by atoms with Crippen molar-refractivity contribution in [3.63, 3.8) is 0 Å². The summed E-state index contributed by atoms with van der Waals surface area (Å²) < 4.78 is 0.709. The lowest BCUT2D eigenvalue weighted by Crippen LogP contribution is -2.34. The van der Waals surface area contributed by atoms with E-state index in [0.29, 0.717) is 21.7 Å². The molecule has 0 heterocycles. The van der Waals surface area contributed by atoms with Crippen molar-refractivity contribution in [2.45, 2.75) is 18.9 Å². The molecule has 1 aromatic carbocycles. The van der Waals surface area contributed by atoms with E-state index in [-0.39, 0.29) is 11.6 Å². The normalized spacial score (nSPS) is 14.3. The molecular formula is C13H16IN3O3. The number of non-ortho nitro benzene ring substituents is 1. The molecule has 6 nitrogen and oxygen atoms in total. The summed E-state index contributed by atoms with van der Waals surface area (Å²) in [6.07, 6.45) is 2.46. The van der Waals surface area contributed by atoms with E-state index in [1.165, 1.54) is 25.0 Å². The molecule has 1 aliphatic rings. The number of carbonyl (C=O) groups excluding carboxylic acids is 1. The van der Waals surface area contributed by atoms with Gasteiger partial charge in [0.2, 0.25) is 0 Å². The molecule has 0 bridgehead atoms. The van der Waals surface area contributed by atoms with Crippen molar-refractivity contribution < 1.29 is 9.72 Å². The summed E-state index contributed by atoms with van der Waals surface area (Å²) in [7, 11) is 2.04. The third-order valence-electron chi connectivity index (χ3n) is 3.33. The van der Waals surface area contributed by atoms with Gasteiger partial charge in [-0.2, -0.15) is 0 Å². The van der Waals surface area contributed by atoms with E-state index in [9.17, 15) is 14.9 Å². The first-order chi connectivity index (χ1) is 9.49. The molecule has 1 N–H and O–H groups in total. The highest BCUT2D eigenvalue weighted by molar-refractivity contribution is 14.1. The summed E-state index contributed by atoms with van der Waals surface area (Å²) in [5, 5.41) is 13.5. The Kier molecular flexibility index (Phi) is 4.92. The fraction of sp³-hybridized carbons (Fsp3) is 0.462. The molecule has 0 saturated heterocycles. The van der Waals surface area contributed by atoms with Crippen LogP contribution in [-0.2, 0) is 0 Å². The minimum absolute atomic E-state index is 0.0642. The Morgan fingerprint density at radius 1 is 1.55 bits per heavy atom. The zero-order valence-electron chi connectivity index (χ0n) is 11.1. The molecule has 108 valence electrons. The van der Waals surface area contributed by atoms with Gasteiger partial charge >= 0.3 is 0 Å². The smallest absolute Gasteiger partial charge is 0.270 e. The zero-order valence-corrected chi connectivity index (χ0v) is 13.3. The highest BCUT2D eigenvalue weighted by Crippen LogP contribution is 2.24. The Morgan fingerprint density at radius 2 is 2.25 bits per heavy atom. The molecule has 0 spiro atoms. The number of amides is 1. The van der Waals surface area contributed by atoms with Gasteiger partial charge < -0.3 is 10.2 Å². The van der Waals surface area contributed by atoms with Gasteiger partial charge in [-0.25, -0.2) is 0 Å². The van der Waals surface area contributed by atoms with Crippen LogP contribution in [0.15, 0.2) is 18.2 Å². The second-order valence-corrected chi connectivity index (χ2v) is 6.05. The molecule has 1 aliphatic carbocycles. The molecule has 0 aromatic heterocycles. The summed E-state index contributed by atoms with van der Waals surface area (Å²) in [6, 6.07) is 4.97. The van der Waals surface area contributed by atoms with Crippen LogP contribution in [0.4, 0.5) is 5.69 Å². The number of hydrogen-bond acceptors (Lipinski definition) is 4. The molecule has 1 aromatic rings. The first-order valence-corrected chi connectivity index (χ1v) is 7.49. The Labute approximate surface area is 130 Å². The van der Waals surface area contributed by atoms with Gasteiger partial charge in [-0.1, -0.05) is 0 Å². The lowest BCUT2D eigenvalue weighted by atomic mass is 10.2. The third kappa shape index (κ3) is 3.89. The fourth-order valence-electron chi connectivity index (χ4n) is 1.94. The maximum Gasteiger partial charge on any atom is 0.270 e. The maximum atomic E-state index is 12.1. The monoisotopic (exact) mass is 389 g/mol. The standard InChI is InChI=1S/C13H16IN3O3/c1-16(9-2-3-9)7-6-15-13(18)11-8-10(17(19)20)4-5-12(11)14/h4-5,8-9H,2-3,6-7H2,1H3,(H,15,18). The Bertz CT molecular complexity index is 532. The average molecular weight is 389 g/mol.